The van der Waals surface area contributed by atoms with Gasteiger partial charge in [0, 0.05) is 5.92 Å². The molecule has 0 atom stereocenters. The predicted octanol–water partition coefficient (Wildman–Crippen LogP) is 1.60. The lowest BCUT2D eigenvalue weighted by molar-refractivity contribution is -0.0695. The first-order chi connectivity index (χ1) is 2.56. The number of hydrogen-bond donors (Lipinski definition) is 0. The summed E-state index contributed by atoms with van der Waals surface area (Å²) < 4.78 is 31.6. The Morgan fingerprint density at radius 2 is 1.43 bits per heavy atom. The first-order valence-electron chi connectivity index (χ1n) is 1.11. The molecule has 4 heteroatoms. The molecule has 0 unspecified atom stereocenters. The highest BCUT2D eigenvalue weighted by atomic mass is 35.5. The van der Waals surface area contributed by atoms with Crippen LogP contribution in [0.25, 0.3) is 0 Å². The van der Waals surface area contributed by atoms with E-state index >= 15 is 0 Å². The van der Waals surface area contributed by atoms with Crippen LogP contribution in [0.4, 0.5) is 13.2 Å². The summed E-state index contributed by atoms with van der Waals surface area (Å²) in [7, 11) is 0. The van der Waals surface area contributed by atoms with E-state index in [9.17, 15) is 13.2 Å². The Bertz CT molecular complexity index is 77.2. The van der Waals surface area contributed by atoms with E-state index in [2.05, 4.69) is 6.42 Å². The summed E-state index contributed by atoms with van der Waals surface area (Å²) in [5, 5.41) is 0. The van der Waals surface area contributed by atoms with Crippen LogP contribution in [-0.2, 0) is 0 Å². The van der Waals surface area contributed by atoms with E-state index in [0.717, 1.165) is 0 Å². The molecule has 0 N–H and O–H groups in total. The third-order valence-electron chi connectivity index (χ3n) is 0.164. The van der Waals surface area contributed by atoms with Gasteiger partial charge in [-0.25, -0.2) is 0 Å². The number of hydrogen-bond acceptors (Lipinski definition) is 0. The normalized spacial score (nSPS) is 8.86. The van der Waals surface area contributed by atoms with Gasteiger partial charge in [0.15, 0.2) is 0 Å². The molecule has 0 bridgehead atoms. The molecule has 0 radical (unpaired) electrons. The highest BCUT2D eigenvalue weighted by Gasteiger charge is 2.21. The topological polar surface area (TPSA) is 0 Å². The summed E-state index contributed by atoms with van der Waals surface area (Å²) in [6.07, 6.45) is -0.500. The fourth-order valence-corrected chi connectivity index (χ4v) is 0. The largest absolute Gasteiger partial charge is 0.457 e. The van der Waals surface area contributed by atoms with Gasteiger partial charge in [0.1, 0.15) is 0 Å². The first kappa shape index (κ1) is 9.81. The monoisotopic (exact) mass is 130 g/mol. The third-order valence-corrected chi connectivity index (χ3v) is 0.164. The summed E-state index contributed by atoms with van der Waals surface area (Å²) >= 11 is 0. The van der Waals surface area contributed by atoms with Crippen LogP contribution in [0.2, 0.25) is 0 Å². The average molecular weight is 130 g/mol. The van der Waals surface area contributed by atoms with Gasteiger partial charge in [0.2, 0.25) is 0 Å². The van der Waals surface area contributed by atoms with Crippen LogP contribution in [0.3, 0.4) is 0 Å². The molecule has 0 saturated carbocycles. The molecule has 0 aromatic heterocycles. The van der Waals surface area contributed by atoms with Crippen LogP contribution in [0.5, 0.6) is 0 Å². The Morgan fingerprint density at radius 3 is 1.43 bits per heavy atom. The highest BCUT2D eigenvalue weighted by Crippen LogP contribution is 2.10. The smallest absolute Gasteiger partial charge is 0.159 e. The molecule has 42 valence electrons. The van der Waals surface area contributed by atoms with E-state index in [0.29, 0.717) is 5.92 Å². The van der Waals surface area contributed by atoms with E-state index in [1.54, 1.807) is 0 Å². The Balaban J connectivity index is 0. The SMILES string of the molecule is C#CC(F)(F)F.Cl. The lowest BCUT2D eigenvalue weighted by atomic mass is 10.7. The highest BCUT2D eigenvalue weighted by molar-refractivity contribution is 5.85. The van der Waals surface area contributed by atoms with Gasteiger partial charge >= 0.3 is 6.18 Å². The Hall–Kier alpha value is -0.360. The Kier molecular flexibility index (Phi) is 3.86. The van der Waals surface area contributed by atoms with Crippen molar-refractivity contribution in [1.82, 2.24) is 0 Å². The Labute approximate surface area is 45.1 Å². The predicted molar refractivity (Wildman–Crippen MR) is 22.1 cm³/mol. The van der Waals surface area contributed by atoms with Gasteiger partial charge in [-0.15, -0.1) is 18.8 Å². The lowest BCUT2D eigenvalue weighted by Gasteiger charge is -1.88. The van der Waals surface area contributed by atoms with Crippen LogP contribution < -0.4 is 0 Å². The van der Waals surface area contributed by atoms with Gasteiger partial charge in [0.05, 0.1) is 0 Å². The van der Waals surface area contributed by atoms with Crippen molar-refractivity contribution in [2.75, 3.05) is 0 Å². The number of halogens is 4. The van der Waals surface area contributed by atoms with E-state index in [1.807, 2.05) is 0 Å². The first-order valence-corrected chi connectivity index (χ1v) is 1.11. The zero-order valence-electron chi connectivity index (χ0n) is 3.12. The molecule has 0 aliphatic heterocycles. The molecule has 0 aliphatic rings. The molecule has 0 rings (SSSR count). The second-order valence-corrected chi connectivity index (χ2v) is 0.642. The summed E-state index contributed by atoms with van der Waals surface area (Å²) in [6, 6.07) is 0. The third kappa shape index (κ3) is 10.7. The second-order valence-electron chi connectivity index (χ2n) is 0.642. The maximum absolute atomic E-state index is 10.5. The minimum atomic E-state index is -4.43. The van der Waals surface area contributed by atoms with Gasteiger partial charge < -0.3 is 0 Å². The molecule has 0 spiro atoms. The molecule has 0 nitrogen and oxygen atoms in total. The van der Waals surface area contributed by atoms with E-state index in [4.69, 9.17) is 0 Å². The molecule has 0 aromatic rings. The molecule has 0 aromatic carbocycles. The van der Waals surface area contributed by atoms with Crippen molar-refractivity contribution in [3.05, 3.63) is 0 Å². The maximum atomic E-state index is 10.5. The average Bonchev–Trinajstić information content (AvgIpc) is 1.35. The molecule has 0 saturated heterocycles. The van der Waals surface area contributed by atoms with Crippen LogP contribution in [-0.4, -0.2) is 6.18 Å². The summed E-state index contributed by atoms with van der Waals surface area (Å²) in [5.41, 5.74) is 0. The van der Waals surface area contributed by atoms with Crippen LogP contribution in [0.15, 0.2) is 0 Å². The van der Waals surface area contributed by atoms with Crippen molar-refractivity contribution in [3.8, 4) is 12.3 Å². The van der Waals surface area contributed by atoms with Crippen molar-refractivity contribution < 1.29 is 13.2 Å². The molecule has 0 amide bonds. The Morgan fingerprint density at radius 1 is 1.29 bits per heavy atom. The number of alkyl halides is 3. The molecular formula is C3H2ClF3. The number of terminal acetylenes is 1. The van der Waals surface area contributed by atoms with Crippen LogP contribution in [0.1, 0.15) is 0 Å². The minimum Gasteiger partial charge on any atom is -0.159 e. The van der Waals surface area contributed by atoms with Crippen LogP contribution in [0, 0.1) is 12.3 Å². The molecule has 0 fully saturated rings. The maximum Gasteiger partial charge on any atom is 0.457 e. The fraction of sp³-hybridized carbons (Fsp3) is 0.333. The molecule has 0 heterocycles. The minimum absolute atomic E-state index is 0. The summed E-state index contributed by atoms with van der Waals surface area (Å²) in [5.74, 6) is 0.604. The van der Waals surface area contributed by atoms with Gasteiger partial charge in [-0.3, -0.25) is 0 Å². The molecule has 0 aliphatic carbocycles. The summed E-state index contributed by atoms with van der Waals surface area (Å²) in [6.45, 7) is 0. The van der Waals surface area contributed by atoms with Crippen molar-refractivity contribution in [2.45, 2.75) is 6.18 Å². The quantitative estimate of drug-likeness (QED) is 0.437. The lowest BCUT2D eigenvalue weighted by Crippen LogP contribution is -1.99. The zero-order valence-corrected chi connectivity index (χ0v) is 3.94. The summed E-state index contributed by atoms with van der Waals surface area (Å²) in [4.78, 5) is 0. The standard InChI is InChI=1S/C3HF3.ClH/c1-2-3(4,5)6;/h1H;1H. The van der Waals surface area contributed by atoms with E-state index < -0.39 is 6.18 Å². The van der Waals surface area contributed by atoms with Gasteiger partial charge in [0.25, 0.3) is 0 Å². The van der Waals surface area contributed by atoms with Crippen molar-refractivity contribution >= 4 is 12.4 Å². The van der Waals surface area contributed by atoms with Crippen LogP contribution >= 0.6 is 12.4 Å². The van der Waals surface area contributed by atoms with E-state index in [-0.39, 0.29) is 12.4 Å². The molecular weight excluding hydrogens is 128 g/mol. The van der Waals surface area contributed by atoms with Crippen molar-refractivity contribution in [3.63, 3.8) is 0 Å². The fourth-order valence-electron chi connectivity index (χ4n) is 0. The van der Waals surface area contributed by atoms with Crippen molar-refractivity contribution in [1.29, 1.82) is 0 Å². The van der Waals surface area contributed by atoms with Crippen molar-refractivity contribution in [2.24, 2.45) is 0 Å². The van der Waals surface area contributed by atoms with Gasteiger partial charge in [-0.1, -0.05) is 0 Å². The second kappa shape index (κ2) is 2.75. The van der Waals surface area contributed by atoms with Gasteiger partial charge in [-0.05, 0) is 0 Å². The number of rotatable bonds is 0. The van der Waals surface area contributed by atoms with E-state index in [1.165, 1.54) is 0 Å². The zero-order chi connectivity index (χ0) is 5.21. The van der Waals surface area contributed by atoms with Gasteiger partial charge in [-0.2, -0.15) is 13.2 Å². The molecule has 7 heavy (non-hydrogen) atoms.